The number of carbonyl (C=O) groups excluding carboxylic acids is 5. The predicted molar refractivity (Wildman–Crippen MR) is 213 cm³/mol. The first kappa shape index (κ1) is 44.3. The lowest BCUT2D eigenvalue weighted by molar-refractivity contribution is -0.159. The molecule has 0 radical (unpaired) electrons. The second-order valence-electron chi connectivity index (χ2n) is 15.4. The van der Waals surface area contributed by atoms with E-state index in [4.69, 9.17) is 11.5 Å². The molecule has 6 atom stereocenters. The molecule has 2 bridgehead atoms. The Balaban J connectivity index is 1.45. The third-order valence-electron chi connectivity index (χ3n) is 10.4. The highest BCUT2D eigenvalue weighted by Crippen LogP contribution is 2.33. The van der Waals surface area contributed by atoms with Crippen LogP contribution in [0.25, 0.3) is 0 Å². The molecule has 2 aromatic rings. The van der Waals surface area contributed by atoms with E-state index in [1.807, 2.05) is 84.3 Å². The van der Waals surface area contributed by atoms with Crippen LogP contribution in [0.5, 0.6) is 0 Å². The number of aliphatic hydroxyl groups excluding tert-OH is 2. The Morgan fingerprint density at radius 2 is 1.30 bits per heavy atom. The zero-order chi connectivity index (χ0) is 40.6. The fourth-order valence-electron chi connectivity index (χ4n) is 7.56. The molecule has 0 aliphatic carbocycles. The fraction of sp³-hybridized carbons (Fsp3) is 0.585. The topological polar surface area (TPSA) is 224 Å². The second kappa shape index (κ2) is 22.4. The highest BCUT2D eigenvalue weighted by Gasteiger charge is 2.49. The molecule has 0 saturated carbocycles. The quantitative estimate of drug-likeness (QED) is 0.0719. The van der Waals surface area contributed by atoms with Crippen molar-refractivity contribution in [3.63, 3.8) is 0 Å². The number of carbonyl (C=O) groups is 5. The Kier molecular flexibility index (Phi) is 17.7. The molecule has 15 heteroatoms. The number of amides is 5. The van der Waals surface area contributed by atoms with Gasteiger partial charge >= 0.3 is 0 Å². The number of nitrogens with one attached hydrogen (secondary N) is 3. The summed E-state index contributed by atoms with van der Waals surface area (Å²) in [5.41, 5.74) is 13.8. The minimum absolute atomic E-state index is 0.00742. The molecule has 56 heavy (non-hydrogen) atoms. The summed E-state index contributed by atoms with van der Waals surface area (Å²) < 4.78 is 0. The van der Waals surface area contributed by atoms with E-state index in [0.29, 0.717) is 45.3 Å². The van der Waals surface area contributed by atoms with Gasteiger partial charge in [0.1, 0.15) is 18.1 Å². The number of hydrogen-bond donors (Lipinski definition) is 7. The minimum atomic E-state index is -1.02. The summed E-state index contributed by atoms with van der Waals surface area (Å²) >= 11 is 0. The Morgan fingerprint density at radius 1 is 0.768 bits per heavy atom. The van der Waals surface area contributed by atoms with Crippen molar-refractivity contribution >= 4 is 29.5 Å². The average molecular weight is 779 g/mol. The number of nitrogens with zero attached hydrogens (tertiary/aromatic N) is 3. The van der Waals surface area contributed by atoms with Crippen molar-refractivity contribution in [2.75, 3.05) is 52.5 Å². The van der Waals surface area contributed by atoms with Crippen LogP contribution in [0, 0.1) is 5.92 Å². The van der Waals surface area contributed by atoms with Gasteiger partial charge < -0.3 is 47.4 Å². The van der Waals surface area contributed by atoms with E-state index < -0.39 is 41.9 Å². The third-order valence-corrected chi connectivity index (χ3v) is 10.4. The van der Waals surface area contributed by atoms with Crippen molar-refractivity contribution in [2.45, 2.75) is 95.0 Å². The summed E-state index contributed by atoms with van der Waals surface area (Å²) in [4.78, 5) is 73.7. The molecule has 0 spiro atoms. The first-order valence-electron chi connectivity index (χ1n) is 19.9. The lowest BCUT2D eigenvalue weighted by atomic mass is 9.86. The molecule has 15 nitrogen and oxygen atoms in total. The highest BCUT2D eigenvalue weighted by molar-refractivity contribution is 5.95. The van der Waals surface area contributed by atoms with Gasteiger partial charge in [0.05, 0.1) is 25.8 Å². The van der Waals surface area contributed by atoms with Crippen LogP contribution < -0.4 is 27.4 Å². The summed E-state index contributed by atoms with van der Waals surface area (Å²) in [6.45, 7) is 5.27. The van der Waals surface area contributed by atoms with Crippen LogP contribution in [-0.4, -0.2) is 143 Å². The number of rotatable bonds is 23. The van der Waals surface area contributed by atoms with Gasteiger partial charge in [-0.25, -0.2) is 0 Å². The van der Waals surface area contributed by atoms with E-state index in [1.54, 1.807) is 0 Å². The van der Waals surface area contributed by atoms with Crippen LogP contribution in [0.15, 0.2) is 60.7 Å². The number of benzene rings is 2. The molecule has 2 aliphatic heterocycles. The van der Waals surface area contributed by atoms with Gasteiger partial charge in [0.15, 0.2) is 0 Å². The molecule has 308 valence electrons. The second-order valence-corrected chi connectivity index (χ2v) is 15.4. The molecule has 2 aromatic carbocycles. The molecule has 2 heterocycles. The number of piperidine rings is 1. The molecule has 5 amide bonds. The normalized spacial score (nSPS) is 18.6. The zero-order valence-corrected chi connectivity index (χ0v) is 32.9. The van der Waals surface area contributed by atoms with Crippen molar-refractivity contribution in [1.29, 1.82) is 0 Å². The number of piperazine rings is 1. The maximum atomic E-state index is 14.2. The molecular formula is C41H62N8O7. The van der Waals surface area contributed by atoms with Gasteiger partial charge in [-0.3, -0.25) is 28.9 Å². The molecule has 2 aliphatic rings. The van der Waals surface area contributed by atoms with Gasteiger partial charge in [0, 0.05) is 44.7 Å². The Hall–Kier alpha value is -4.41. The zero-order valence-electron chi connectivity index (χ0n) is 32.9. The maximum Gasteiger partial charge on any atom is 0.245 e. The van der Waals surface area contributed by atoms with E-state index in [0.717, 1.165) is 17.5 Å². The van der Waals surface area contributed by atoms with Crippen LogP contribution in [-0.2, 0) is 36.8 Å². The van der Waals surface area contributed by atoms with Gasteiger partial charge in [-0.1, -0.05) is 74.5 Å². The number of unbranched alkanes of at least 4 members (excludes halogenated alkanes) is 1. The number of fused-ring (bicyclic) bond motifs is 2. The number of aliphatic hydroxyl groups is 2. The van der Waals surface area contributed by atoms with Crippen LogP contribution in [0.3, 0.4) is 0 Å². The van der Waals surface area contributed by atoms with E-state index in [9.17, 15) is 34.2 Å². The van der Waals surface area contributed by atoms with Gasteiger partial charge in [-0.05, 0) is 62.1 Å². The van der Waals surface area contributed by atoms with Crippen LogP contribution >= 0.6 is 0 Å². The lowest BCUT2D eigenvalue weighted by Crippen LogP contribution is -2.73. The standard InChI is InChI=1S/C41H62N8O7/c1-28(2)21-35(46-40(55)36(23-30-13-7-4-8-14-30)45-38(53)33(43)22-29-11-5-3-6-12-29)39(54)44-34(15-9-10-16-42)41(56)49-31-24-32(49)26-47(25-31)27-37(52)48(17-19-50)18-20-51/h3-8,11-14,28,31-36,50-51H,9-10,15-27,42-43H2,1-2H3,(H,44,54)(H,45,53)(H,46,55). The average Bonchev–Trinajstić information content (AvgIpc) is 3.17. The number of hydrogen-bond acceptors (Lipinski definition) is 10. The van der Waals surface area contributed by atoms with Gasteiger partial charge in [-0.15, -0.1) is 0 Å². The predicted octanol–water partition coefficient (Wildman–Crippen LogP) is -0.473. The first-order chi connectivity index (χ1) is 26.9. The smallest absolute Gasteiger partial charge is 0.245 e. The van der Waals surface area contributed by atoms with Crippen LogP contribution in [0.1, 0.15) is 57.1 Å². The van der Waals surface area contributed by atoms with Crippen molar-refractivity contribution in [2.24, 2.45) is 17.4 Å². The molecule has 4 rings (SSSR count). The molecule has 2 saturated heterocycles. The van der Waals surface area contributed by atoms with Gasteiger partial charge in [0.25, 0.3) is 0 Å². The Bertz CT molecular complexity index is 1550. The van der Waals surface area contributed by atoms with Crippen LogP contribution in [0.4, 0.5) is 0 Å². The summed E-state index contributed by atoms with van der Waals surface area (Å²) in [5, 5.41) is 27.4. The van der Waals surface area contributed by atoms with Gasteiger partial charge in [0.2, 0.25) is 29.5 Å². The van der Waals surface area contributed by atoms with Gasteiger partial charge in [-0.2, -0.15) is 0 Å². The van der Waals surface area contributed by atoms with Crippen molar-refractivity contribution in [3.8, 4) is 0 Å². The maximum absolute atomic E-state index is 14.2. The highest BCUT2D eigenvalue weighted by atomic mass is 16.3. The third kappa shape index (κ3) is 13.1. The summed E-state index contributed by atoms with van der Waals surface area (Å²) in [7, 11) is 0. The Labute approximate surface area is 330 Å². The minimum Gasteiger partial charge on any atom is -0.395 e. The Morgan fingerprint density at radius 3 is 1.86 bits per heavy atom. The molecule has 0 aromatic heterocycles. The largest absolute Gasteiger partial charge is 0.395 e. The molecule has 6 unspecified atom stereocenters. The molecule has 2 fully saturated rings. The number of nitrogens with two attached hydrogens (primary N) is 2. The SMILES string of the molecule is CC(C)CC(NC(=O)C(Cc1ccccc1)NC(=O)C(N)Cc1ccccc1)C(=O)NC(CCCCN)C(=O)N1C2CC1CN(CC(=O)N(CCO)CCO)C2. The summed E-state index contributed by atoms with van der Waals surface area (Å²) in [5.74, 6) is -1.91. The number of likely N-dealkylation sites (tertiary alicyclic amines) is 2. The van der Waals surface area contributed by atoms with E-state index in [1.165, 1.54) is 4.90 Å². The lowest BCUT2D eigenvalue weighted by Gasteiger charge is -2.57. The van der Waals surface area contributed by atoms with Crippen molar-refractivity contribution in [1.82, 2.24) is 30.7 Å². The van der Waals surface area contributed by atoms with Crippen molar-refractivity contribution < 1.29 is 34.2 Å². The summed E-state index contributed by atoms with van der Waals surface area (Å²) in [6.07, 6.45) is 3.18. The first-order valence-corrected chi connectivity index (χ1v) is 19.9. The molecule has 9 N–H and O–H groups in total. The van der Waals surface area contributed by atoms with Crippen LogP contribution in [0.2, 0.25) is 0 Å². The van der Waals surface area contributed by atoms with E-state index in [-0.39, 0.29) is 75.5 Å². The molecular weight excluding hydrogens is 716 g/mol. The summed E-state index contributed by atoms with van der Waals surface area (Å²) in [6, 6.07) is 14.6. The monoisotopic (exact) mass is 778 g/mol. The fourth-order valence-corrected chi connectivity index (χ4v) is 7.56. The van der Waals surface area contributed by atoms with E-state index in [2.05, 4.69) is 16.0 Å². The van der Waals surface area contributed by atoms with Crippen molar-refractivity contribution in [3.05, 3.63) is 71.8 Å². The van der Waals surface area contributed by atoms with E-state index >= 15 is 0 Å².